The monoisotopic (exact) mass is 151 g/mol. The predicted molar refractivity (Wildman–Crippen MR) is 33.1 cm³/mol. The molecule has 1 aliphatic heterocycles. The normalized spacial score (nSPS) is 33.3. The minimum absolute atomic E-state index is 0.302. The van der Waals surface area contributed by atoms with Crippen molar-refractivity contribution in [3.63, 3.8) is 0 Å². The molecule has 60 valence electrons. The van der Waals surface area contributed by atoms with Gasteiger partial charge in [0.25, 0.3) is 5.92 Å². The second-order valence-corrected chi connectivity index (χ2v) is 2.68. The van der Waals surface area contributed by atoms with Crippen molar-refractivity contribution < 1.29 is 13.9 Å². The third kappa shape index (κ3) is 2.19. The fourth-order valence-electron chi connectivity index (χ4n) is 1.06. The van der Waals surface area contributed by atoms with E-state index in [9.17, 15) is 8.78 Å². The van der Waals surface area contributed by atoms with Crippen LogP contribution >= 0.6 is 0 Å². The molecule has 1 unspecified atom stereocenters. The third-order valence-electron chi connectivity index (χ3n) is 1.57. The lowest BCUT2D eigenvalue weighted by Gasteiger charge is -2.14. The zero-order chi connectivity index (χ0) is 7.61. The number of alkyl halides is 2. The van der Waals surface area contributed by atoms with Crippen molar-refractivity contribution in [1.82, 2.24) is 5.32 Å². The maximum absolute atomic E-state index is 12.5. The molecule has 0 aliphatic carbocycles. The maximum atomic E-state index is 12.5. The fraction of sp³-hybridized carbons (Fsp3) is 1.00. The first-order valence-corrected chi connectivity index (χ1v) is 3.37. The number of hydrogen-bond acceptors (Lipinski definition) is 2. The van der Waals surface area contributed by atoms with Crippen molar-refractivity contribution in [2.75, 3.05) is 13.1 Å². The highest BCUT2D eigenvalue weighted by atomic mass is 19.3. The highest BCUT2D eigenvalue weighted by Crippen LogP contribution is 2.22. The molecule has 10 heavy (non-hydrogen) atoms. The predicted octanol–water partition coefficient (Wildman–Crippen LogP) is 0.366. The van der Waals surface area contributed by atoms with Crippen LogP contribution in [0.25, 0.3) is 0 Å². The van der Waals surface area contributed by atoms with Crippen LogP contribution in [0.2, 0.25) is 0 Å². The minimum atomic E-state index is -2.73. The molecule has 4 heteroatoms. The summed E-state index contributed by atoms with van der Waals surface area (Å²) < 4.78 is 25.0. The SMILES string of the molecule is OC1CCNCC(F)(F)C1. The number of nitrogens with one attached hydrogen (secondary N) is 1. The molecular weight excluding hydrogens is 140 g/mol. The van der Waals surface area contributed by atoms with Crippen LogP contribution in [0.3, 0.4) is 0 Å². The first kappa shape index (κ1) is 7.88. The molecule has 2 nitrogen and oxygen atoms in total. The summed E-state index contributed by atoms with van der Waals surface area (Å²) in [6.45, 7) is 0.181. The second kappa shape index (κ2) is 2.80. The van der Waals surface area contributed by atoms with Crippen LogP contribution in [-0.4, -0.2) is 30.2 Å². The fourth-order valence-corrected chi connectivity index (χ4v) is 1.06. The van der Waals surface area contributed by atoms with E-state index in [1.807, 2.05) is 0 Å². The molecule has 0 radical (unpaired) electrons. The van der Waals surface area contributed by atoms with Crippen molar-refractivity contribution in [2.45, 2.75) is 24.9 Å². The molecule has 0 bridgehead atoms. The Morgan fingerprint density at radius 2 is 2.20 bits per heavy atom. The second-order valence-electron chi connectivity index (χ2n) is 2.68. The Kier molecular flexibility index (Phi) is 2.21. The molecule has 1 aliphatic rings. The summed E-state index contributed by atoms with van der Waals surface area (Å²) >= 11 is 0. The summed E-state index contributed by atoms with van der Waals surface area (Å²) in [5.41, 5.74) is 0. The van der Waals surface area contributed by atoms with Gasteiger partial charge in [-0.15, -0.1) is 0 Å². The lowest BCUT2D eigenvalue weighted by Crippen LogP contribution is -2.31. The molecule has 1 fully saturated rings. The van der Waals surface area contributed by atoms with Gasteiger partial charge in [-0.2, -0.15) is 0 Å². The standard InChI is InChI=1S/C6H11F2NO/c7-6(8)3-5(10)1-2-9-4-6/h5,9-10H,1-4H2. The van der Waals surface area contributed by atoms with Gasteiger partial charge in [-0.1, -0.05) is 0 Å². The molecule has 1 atom stereocenters. The number of aliphatic hydroxyl groups excluding tert-OH is 1. The Hall–Kier alpha value is -0.220. The molecule has 1 heterocycles. The average molecular weight is 151 g/mol. The highest BCUT2D eigenvalue weighted by molar-refractivity contribution is 4.78. The Bertz CT molecular complexity index is 118. The van der Waals surface area contributed by atoms with Gasteiger partial charge < -0.3 is 10.4 Å². The molecule has 2 N–H and O–H groups in total. The van der Waals surface area contributed by atoms with Crippen molar-refractivity contribution in [3.8, 4) is 0 Å². The molecule has 1 saturated heterocycles. The number of rotatable bonds is 0. The molecular formula is C6H11F2NO. The summed E-state index contributed by atoms with van der Waals surface area (Å²) in [4.78, 5) is 0. The summed E-state index contributed by atoms with van der Waals surface area (Å²) in [7, 11) is 0. The van der Waals surface area contributed by atoms with E-state index in [1.165, 1.54) is 0 Å². The Morgan fingerprint density at radius 1 is 1.50 bits per heavy atom. The van der Waals surface area contributed by atoms with Crippen molar-refractivity contribution in [3.05, 3.63) is 0 Å². The van der Waals surface area contributed by atoms with Gasteiger partial charge >= 0.3 is 0 Å². The van der Waals surface area contributed by atoms with Gasteiger partial charge in [0.05, 0.1) is 12.6 Å². The van der Waals surface area contributed by atoms with E-state index in [1.54, 1.807) is 0 Å². The molecule has 0 spiro atoms. The lowest BCUT2D eigenvalue weighted by atomic mass is 10.1. The van der Waals surface area contributed by atoms with Crippen LogP contribution in [0.5, 0.6) is 0 Å². The van der Waals surface area contributed by atoms with Crippen LogP contribution in [0.15, 0.2) is 0 Å². The molecule has 0 aromatic heterocycles. The Labute approximate surface area is 58.2 Å². The van der Waals surface area contributed by atoms with E-state index in [0.717, 1.165) is 0 Å². The summed E-state index contributed by atoms with van der Waals surface area (Å²) in [5, 5.41) is 11.5. The molecule has 0 aromatic rings. The zero-order valence-electron chi connectivity index (χ0n) is 5.61. The van der Waals surface area contributed by atoms with E-state index in [2.05, 4.69) is 5.32 Å². The molecule has 0 aromatic carbocycles. The molecule has 1 rings (SSSR count). The van der Waals surface area contributed by atoms with Gasteiger partial charge in [0.2, 0.25) is 0 Å². The molecule has 0 saturated carbocycles. The lowest BCUT2D eigenvalue weighted by molar-refractivity contribution is -0.0323. The van der Waals surface area contributed by atoms with Gasteiger partial charge in [-0.25, -0.2) is 8.78 Å². The van der Waals surface area contributed by atoms with Crippen molar-refractivity contribution in [1.29, 1.82) is 0 Å². The minimum Gasteiger partial charge on any atom is -0.393 e. The Morgan fingerprint density at radius 3 is 2.90 bits per heavy atom. The van der Waals surface area contributed by atoms with E-state index in [4.69, 9.17) is 5.11 Å². The summed E-state index contributed by atoms with van der Waals surface area (Å²) in [6.07, 6.45) is -0.819. The van der Waals surface area contributed by atoms with E-state index in [0.29, 0.717) is 13.0 Å². The summed E-state index contributed by atoms with van der Waals surface area (Å²) in [6, 6.07) is 0. The van der Waals surface area contributed by atoms with E-state index < -0.39 is 18.4 Å². The van der Waals surface area contributed by atoms with E-state index in [-0.39, 0.29) is 6.54 Å². The first-order valence-electron chi connectivity index (χ1n) is 3.37. The topological polar surface area (TPSA) is 32.3 Å². The van der Waals surface area contributed by atoms with Crippen molar-refractivity contribution >= 4 is 0 Å². The van der Waals surface area contributed by atoms with Crippen LogP contribution in [0.1, 0.15) is 12.8 Å². The maximum Gasteiger partial charge on any atom is 0.262 e. The largest absolute Gasteiger partial charge is 0.393 e. The van der Waals surface area contributed by atoms with Crippen molar-refractivity contribution in [2.24, 2.45) is 0 Å². The van der Waals surface area contributed by atoms with Gasteiger partial charge in [-0.05, 0) is 13.0 Å². The van der Waals surface area contributed by atoms with Crippen LogP contribution in [0.4, 0.5) is 8.78 Å². The van der Waals surface area contributed by atoms with E-state index >= 15 is 0 Å². The van der Waals surface area contributed by atoms with Gasteiger partial charge in [0.15, 0.2) is 0 Å². The average Bonchev–Trinajstić information content (AvgIpc) is 1.90. The zero-order valence-corrected chi connectivity index (χ0v) is 5.61. The molecule has 0 amide bonds. The number of aliphatic hydroxyl groups is 1. The summed E-state index contributed by atoms with van der Waals surface area (Å²) in [5.74, 6) is -2.73. The first-order chi connectivity index (χ1) is 4.60. The smallest absolute Gasteiger partial charge is 0.262 e. The number of hydrogen-bond donors (Lipinski definition) is 2. The third-order valence-corrected chi connectivity index (χ3v) is 1.57. The van der Waals surface area contributed by atoms with Gasteiger partial charge in [0, 0.05) is 6.42 Å². The van der Waals surface area contributed by atoms with Gasteiger partial charge in [-0.3, -0.25) is 0 Å². The van der Waals surface area contributed by atoms with Gasteiger partial charge in [0.1, 0.15) is 0 Å². The quantitative estimate of drug-likeness (QED) is 0.524. The Balaban J connectivity index is 2.46. The van der Waals surface area contributed by atoms with Crippen LogP contribution in [-0.2, 0) is 0 Å². The van der Waals surface area contributed by atoms with Crippen LogP contribution < -0.4 is 5.32 Å². The number of halogens is 2. The highest BCUT2D eigenvalue weighted by Gasteiger charge is 2.33. The van der Waals surface area contributed by atoms with Crippen LogP contribution in [0, 0.1) is 0 Å².